The molecular weight excluding hydrogens is 274 g/mol. The van der Waals surface area contributed by atoms with E-state index >= 15 is 0 Å². The monoisotopic (exact) mass is 291 g/mol. The van der Waals surface area contributed by atoms with Crippen molar-refractivity contribution in [3.63, 3.8) is 0 Å². The molecule has 3 rings (SSSR count). The van der Waals surface area contributed by atoms with Crippen LogP contribution in [0.5, 0.6) is 0 Å². The van der Waals surface area contributed by atoms with Crippen molar-refractivity contribution >= 4 is 17.2 Å². The van der Waals surface area contributed by atoms with Crippen LogP contribution in [0.3, 0.4) is 0 Å². The average molecular weight is 291 g/mol. The van der Waals surface area contributed by atoms with Crippen molar-refractivity contribution in [3.05, 3.63) is 34.3 Å². The second-order valence-corrected chi connectivity index (χ2v) is 5.74. The van der Waals surface area contributed by atoms with E-state index < -0.39 is 0 Å². The van der Waals surface area contributed by atoms with Gasteiger partial charge in [-0.05, 0) is 6.92 Å². The van der Waals surface area contributed by atoms with Gasteiger partial charge in [-0.15, -0.1) is 11.3 Å². The maximum Gasteiger partial charge on any atom is 0.266 e. The molecule has 0 bridgehead atoms. The lowest BCUT2D eigenvalue weighted by Gasteiger charge is -2.35. The smallest absolute Gasteiger partial charge is 0.266 e. The minimum Gasteiger partial charge on any atom is -0.336 e. The van der Waals surface area contributed by atoms with Crippen LogP contribution in [0.2, 0.25) is 0 Å². The summed E-state index contributed by atoms with van der Waals surface area (Å²) in [5, 5.41) is 3.34. The highest BCUT2D eigenvalue weighted by atomic mass is 32.1. The first-order chi connectivity index (χ1) is 9.68. The molecule has 1 aliphatic rings. The molecule has 106 valence electrons. The Hall–Kier alpha value is -1.73. The first-order valence-electron chi connectivity index (χ1n) is 6.57. The number of hydrogen-bond acceptors (Lipinski definition) is 5. The molecule has 2 aromatic heterocycles. The average Bonchev–Trinajstić information content (AvgIpc) is 3.06. The minimum absolute atomic E-state index is 0.0299. The van der Waals surface area contributed by atoms with Crippen molar-refractivity contribution in [3.8, 4) is 0 Å². The largest absolute Gasteiger partial charge is 0.336 e. The maximum atomic E-state index is 12.7. The van der Waals surface area contributed by atoms with Gasteiger partial charge in [0.2, 0.25) is 0 Å². The van der Waals surface area contributed by atoms with Crippen LogP contribution in [0.25, 0.3) is 0 Å². The Morgan fingerprint density at radius 3 is 3.00 bits per heavy atom. The van der Waals surface area contributed by atoms with Gasteiger partial charge >= 0.3 is 0 Å². The predicted molar refractivity (Wildman–Crippen MR) is 76.7 cm³/mol. The molecule has 1 aliphatic heterocycles. The number of nitrogens with zero attached hydrogens (tertiary/aromatic N) is 4. The molecule has 3 heterocycles. The van der Waals surface area contributed by atoms with Crippen molar-refractivity contribution in [2.75, 3.05) is 19.6 Å². The number of carbonyl (C=O) groups is 1. The SMILES string of the molecule is Cc1ncsc1C(=O)N1CCNCC1c1nccn1C. The van der Waals surface area contributed by atoms with Gasteiger partial charge in [0.05, 0.1) is 11.2 Å². The Kier molecular flexibility index (Phi) is 3.54. The molecule has 0 radical (unpaired) electrons. The van der Waals surface area contributed by atoms with Gasteiger partial charge in [-0.3, -0.25) is 4.79 Å². The molecule has 1 fully saturated rings. The van der Waals surface area contributed by atoms with Gasteiger partial charge < -0.3 is 14.8 Å². The number of imidazole rings is 1. The maximum absolute atomic E-state index is 12.7. The number of aromatic nitrogens is 3. The number of rotatable bonds is 2. The van der Waals surface area contributed by atoms with Gasteiger partial charge in [0, 0.05) is 39.1 Å². The van der Waals surface area contributed by atoms with Gasteiger partial charge in [0.1, 0.15) is 16.7 Å². The third-order valence-electron chi connectivity index (χ3n) is 3.60. The van der Waals surface area contributed by atoms with Crippen molar-refractivity contribution in [1.82, 2.24) is 24.8 Å². The molecule has 2 aromatic rings. The Balaban J connectivity index is 1.92. The van der Waals surface area contributed by atoms with E-state index in [1.807, 2.05) is 29.6 Å². The number of piperazine rings is 1. The van der Waals surface area contributed by atoms with E-state index in [0.717, 1.165) is 29.5 Å². The van der Waals surface area contributed by atoms with E-state index in [9.17, 15) is 4.79 Å². The summed E-state index contributed by atoms with van der Waals surface area (Å²) in [7, 11) is 1.96. The van der Waals surface area contributed by atoms with Gasteiger partial charge in [-0.2, -0.15) is 0 Å². The Labute approximate surface area is 121 Å². The van der Waals surface area contributed by atoms with E-state index in [1.54, 1.807) is 11.7 Å². The Morgan fingerprint density at radius 2 is 2.35 bits per heavy atom. The summed E-state index contributed by atoms with van der Waals surface area (Å²) < 4.78 is 1.97. The Bertz CT molecular complexity index is 620. The first kappa shape index (κ1) is 13.3. The molecule has 1 saturated heterocycles. The van der Waals surface area contributed by atoms with Crippen LogP contribution in [0.1, 0.15) is 27.2 Å². The van der Waals surface area contributed by atoms with Crippen LogP contribution in [0, 0.1) is 6.92 Å². The summed E-state index contributed by atoms with van der Waals surface area (Å²) in [5.74, 6) is 0.965. The van der Waals surface area contributed by atoms with Gasteiger partial charge in [-0.1, -0.05) is 0 Å². The quantitative estimate of drug-likeness (QED) is 0.895. The van der Waals surface area contributed by atoms with Crippen LogP contribution in [-0.4, -0.2) is 45.0 Å². The highest BCUT2D eigenvalue weighted by Gasteiger charge is 2.32. The highest BCUT2D eigenvalue weighted by Crippen LogP contribution is 2.25. The fraction of sp³-hybridized carbons (Fsp3) is 0.462. The molecular formula is C13H17N5OS. The number of aryl methyl sites for hydroxylation is 2. The highest BCUT2D eigenvalue weighted by molar-refractivity contribution is 7.11. The molecule has 0 aromatic carbocycles. The van der Waals surface area contributed by atoms with Crippen molar-refractivity contribution < 1.29 is 4.79 Å². The van der Waals surface area contributed by atoms with Crippen molar-refractivity contribution in [2.45, 2.75) is 13.0 Å². The van der Waals surface area contributed by atoms with E-state index in [2.05, 4.69) is 15.3 Å². The van der Waals surface area contributed by atoms with Crippen molar-refractivity contribution in [2.24, 2.45) is 7.05 Å². The molecule has 0 saturated carbocycles. The third kappa shape index (κ3) is 2.23. The molecule has 0 spiro atoms. The molecule has 6 nitrogen and oxygen atoms in total. The fourth-order valence-electron chi connectivity index (χ4n) is 2.51. The summed E-state index contributed by atoms with van der Waals surface area (Å²) in [4.78, 5) is 23.9. The number of hydrogen-bond donors (Lipinski definition) is 1. The lowest BCUT2D eigenvalue weighted by Crippen LogP contribution is -2.49. The summed E-state index contributed by atoms with van der Waals surface area (Å²) in [6.07, 6.45) is 3.68. The Morgan fingerprint density at radius 1 is 1.50 bits per heavy atom. The van der Waals surface area contributed by atoms with Crippen LogP contribution in [-0.2, 0) is 7.05 Å². The number of nitrogens with one attached hydrogen (secondary N) is 1. The molecule has 7 heteroatoms. The van der Waals surface area contributed by atoms with Crippen LogP contribution in [0.15, 0.2) is 17.9 Å². The third-order valence-corrected chi connectivity index (χ3v) is 4.52. The minimum atomic E-state index is -0.0299. The van der Waals surface area contributed by atoms with Gasteiger partial charge in [0.15, 0.2) is 0 Å². The van der Waals surface area contributed by atoms with E-state index in [-0.39, 0.29) is 11.9 Å². The zero-order chi connectivity index (χ0) is 14.1. The number of amides is 1. The molecule has 1 unspecified atom stereocenters. The summed E-state index contributed by atoms with van der Waals surface area (Å²) >= 11 is 1.40. The standard InChI is InChI=1S/C13H17N5OS/c1-9-11(20-8-16-9)13(19)18-6-3-14-7-10(18)12-15-4-5-17(12)2/h4-5,8,10,14H,3,6-7H2,1-2H3. The zero-order valence-corrected chi connectivity index (χ0v) is 12.4. The van der Waals surface area contributed by atoms with Crippen molar-refractivity contribution in [1.29, 1.82) is 0 Å². The molecule has 1 amide bonds. The number of carbonyl (C=O) groups excluding carboxylic acids is 1. The van der Waals surface area contributed by atoms with Gasteiger partial charge in [0.25, 0.3) is 5.91 Å². The first-order valence-corrected chi connectivity index (χ1v) is 7.45. The van der Waals surface area contributed by atoms with E-state index in [1.165, 1.54) is 11.3 Å². The zero-order valence-electron chi connectivity index (χ0n) is 11.5. The van der Waals surface area contributed by atoms with Crippen LogP contribution < -0.4 is 5.32 Å². The normalized spacial score (nSPS) is 19.3. The lowest BCUT2D eigenvalue weighted by molar-refractivity contribution is 0.0625. The number of thiazole rings is 1. The second-order valence-electron chi connectivity index (χ2n) is 4.88. The summed E-state index contributed by atoms with van der Waals surface area (Å²) in [6.45, 7) is 4.11. The lowest BCUT2D eigenvalue weighted by atomic mass is 10.1. The second kappa shape index (κ2) is 5.34. The molecule has 20 heavy (non-hydrogen) atoms. The predicted octanol–water partition coefficient (Wildman–Crippen LogP) is 0.972. The van der Waals surface area contributed by atoms with E-state index in [0.29, 0.717) is 6.54 Å². The molecule has 1 atom stereocenters. The van der Waals surface area contributed by atoms with Gasteiger partial charge in [-0.25, -0.2) is 9.97 Å². The molecule has 1 N–H and O–H groups in total. The fourth-order valence-corrected chi connectivity index (χ4v) is 3.27. The van der Waals surface area contributed by atoms with Crippen LogP contribution in [0.4, 0.5) is 0 Å². The topological polar surface area (TPSA) is 63.1 Å². The van der Waals surface area contributed by atoms with E-state index in [4.69, 9.17) is 0 Å². The van der Waals surface area contributed by atoms with Crippen LogP contribution >= 0.6 is 11.3 Å². The summed E-state index contributed by atoms with van der Waals surface area (Å²) in [6, 6.07) is -0.0299. The molecule has 0 aliphatic carbocycles. The summed E-state index contributed by atoms with van der Waals surface area (Å²) in [5.41, 5.74) is 2.53.